The molecule has 0 bridgehead atoms. The summed E-state index contributed by atoms with van der Waals surface area (Å²) in [5.41, 5.74) is 8.42. The van der Waals surface area contributed by atoms with Gasteiger partial charge in [0.05, 0.1) is 28.5 Å². The van der Waals surface area contributed by atoms with Gasteiger partial charge in [-0.2, -0.15) is 23.3 Å². The molecular formula is C41H45F3N10O4. The number of aromatic nitrogens is 5. The highest BCUT2D eigenvalue weighted by Crippen LogP contribution is 2.58. The third kappa shape index (κ3) is 7.38. The highest BCUT2D eigenvalue weighted by atomic mass is 19.4. The van der Waals surface area contributed by atoms with E-state index in [0.717, 1.165) is 72.2 Å². The molecule has 8 rings (SSSR count). The van der Waals surface area contributed by atoms with Crippen LogP contribution in [0, 0.1) is 12.3 Å². The van der Waals surface area contributed by atoms with E-state index >= 15 is 0 Å². The minimum Gasteiger partial charge on any atom is -0.345 e. The predicted octanol–water partition coefficient (Wildman–Crippen LogP) is 5.12. The van der Waals surface area contributed by atoms with Gasteiger partial charge < -0.3 is 20.2 Å². The lowest BCUT2D eigenvalue weighted by molar-refractivity contribution is -0.166. The van der Waals surface area contributed by atoms with E-state index in [1.807, 2.05) is 53.8 Å². The standard InChI is InChI=1S/C41H45F3N10O4/c1-23-18-27(4-5-28(23)21-47-38(57)36-49-39(58-51-36)40(13-14-40)41(42,43)44)34(45)32-19-24(22-54(32)46-2)10-15-53-16-11-25(12-17-53)26-6-7-29-31(20-26)52(3)50-35(29)30-8-9-33(55)48-37(30)56/h4-7,18-20,22,25,30,45-46H,8-17,21H2,1-3H3,(H,47,57)(H,48,55,56). The summed E-state index contributed by atoms with van der Waals surface area (Å²) in [4.78, 5) is 43.1. The van der Waals surface area contributed by atoms with E-state index in [1.165, 1.54) is 5.56 Å². The minimum atomic E-state index is -4.52. The van der Waals surface area contributed by atoms with Crippen molar-refractivity contribution < 1.29 is 32.1 Å². The fourth-order valence-electron chi connectivity index (χ4n) is 8.28. The average Bonchev–Trinajstić information content (AvgIpc) is 3.54. The first kappa shape index (κ1) is 39.0. The smallest absolute Gasteiger partial charge is 0.345 e. The Balaban J connectivity index is 0.844. The van der Waals surface area contributed by atoms with Crippen LogP contribution in [0.15, 0.2) is 53.2 Å². The van der Waals surface area contributed by atoms with Gasteiger partial charge in [0.2, 0.25) is 17.7 Å². The van der Waals surface area contributed by atoms with E-state index in [1.54, 1.807) is 7.05 Å². The van der Waals surface area contributed by atoms with Crippen molar-refractivity contribution in [3.8, 4) is 0 Å². The van der Waals surface area contributed by atoms with Crippen LogP contribution in [0.1, 0.15) is 106 Å². The summed E-state index contributed by atoms with van der Waals surface area (Å²) >= 11 is 0. The third-order valence-corrected chi connectivity index (χ3v) is 12.0. The lowest BCUT2D eigenvalue weighted by Gasteiger charge is -2.32. The van der Waals surface area contributed by atoms with Crippen LogP contribution < -0.4 is 16.1 Å². The fraction of sp³-hybridized carbons (Fsp3) is 0.439. The van der Waals surface area contributed by atoms with Gasteiger partial charge in [0.15, 0.2) is 0 Å². The maximum atomic E-state index is 13.4. The summed E-state index contributed by atoms with van der Waals surface area (Å²) in [6.45, 7) is 4.77. The second-order valence-corrected chi connectivity index (χ2v) is 15.7. The van der Waals surface area contributed by atoms with Crippen LogP contribution in [-0.4, -0.2) is 85.8 Å². The molecule has 1 aliphatic carbocycles. The Morgan fingerprint density at radius 1 is 1.09 bits per heavy atom. The number of hydrogen-bond donors (Lipinski definition) is 4. The molecule has 17 heteroatoms. The van der Waals surface area contributed by atoms with Gasteiger partial charge in [0.25, 0.3) is 11.7 Å². The van der Waals surface area contributed by atoms with Gasteiger partial charge in [-0.05, 0) is 105 Å². The molecule has 14 nitrogen and oxygen atoms in total. The number of benzene rings is 2. The van der Waals surface area contributed by atoms with E-state index < -0.39 is 35.1 Å². The molecule has 2 aliphatic heterocycles. The first-order valence-corrected chi connectivity index (χ1v) is 19.5. The Hall–Kier alpha value is -5.84. The summed E-state index contributed by atoms with van der Waals surface area (Å²) in [5, 5.41) is 23.3. The summed E-state index contributed by atoms with van der Waals surface area (Å²) in [5.74, 6) is -2.29. The van der Waals surface area contributed by atoms with Gasteiger partial charge in [0.1, 0.15) is 5.41 Å². The number of aryl methyl sites for hydroxylation is 2. The predicted molar refractivity (Wildman–Crippen MR) is 207 cm³/mol. The van der Waals surface area contributed by atoms with Crippen molar-refractivity contribution in [3.63, 3.8) is 0 Å². The molecule has 304 valence electrons. The van der Waals surface area contributed by atoms with E-state index in [0.29, 0.717) is 35.7 Å². The van der Waals surface area contributed by atoms with Crippen molar-refractivity contribution in [1.29, 1.82) is 5.41 Å². The number of carbonyl (C=O) groups excluding carboxylic acids is 3. The van der Waals surface area contributed by atoms with E-state index in [4.69, 9.17) is 15.0 Å². The Morgan fingerprint density at radius 2 is 1.86 bits per heavy atom. The largest absolute Gasteiger partial charge is 0.403 e. The van der Waals surface area contributed by atoms with Crippen molar-refractivity contribution in [1.82, 2.24) is 40.1 Å². The molecule has 2 aromatic carbocycles. The Kier molecular flexibility index (Phi) is 10.2. The van der Waals surface area contributed by atoms with Crippen molar-refractivity contribution in [2.75, 3.05) is 32.1 Å². The van der Waals surface area contributed by atoms with E-state index in [-0.39, 0.29) is 31.2 Å². The zero-order valence-corrected chi connectivity index (χ0v) is 32.5. The lowest BCUT2D eigenvalue weighted by Crippen LogP contribution is -2.39. The number of nitrogens with zero attached hydrogens (tertiary/aromatic N) is 6. The van der Waals surface area contributed by atoms with Crippen LogP contribution in [0.3, 0.4) is 0 Å². The molecule has 3 fully saturated rings. The zero-order valence-electron chi connectivity index (χ0n) is 32.5. The zero-order chi connectivity index (χ0) is 40.9. The number of alkyl halides is 3. The van der Waals surface area contributed by atoms with Gasteiger partial charge in [-0.1, -0.05) is 29.4 Å². The maximum absolute atomic E-state index is 13.4. The topological polar surface area (TPSA) is 176 Å². The van der Waals surface area contributed by atoms with Crippen molar-refractivity contribution in [3.05, 3.63) is 99.6 Å². The molecule has 58 heavy (non-hydrogen) atoms. The maximum Gasteiger partial charge on any atom is 0.403 e. The molecule has 5 heterocycles. The molecule has 3 aromatic heterocycles. The van der Waals surface area contributed by atoms with Crippen LogP contribution in [0.4, 0.5) is 13.2 Å². The van der Waals surface area contributed by atoms with E-state index in [9.17, 15) is 27.6 Å². The van der Waals surface area contributed by atoms with Crippen LogP contribution in [0.25, 0.3) is 10.9 Å². The van der Waals surface area contributed by atoms with Crippen molar-refractivity contribution >= 4 is 34.3 Å². The molecule has 3 aliphatic rings. The number of carbonyl (C=O) groups is 3. The number of nitrogens with one attached hydrogen (secondary N) is 4. The molecule has 0 spiro atoms. The van der Waals surface area contributed by atoms with Crippen LogP contribution in [0.5, 0.6) is 0 Å². The molecule has 1 atom stereocenters. The number of rotatable bonds is 12. The molecular weight excluding hydrogens is 754 g/mol. The number of piperidine rings is 2. The molecule has 5 aromatic rings. The van der Waals surface area contributed by atoms with Crippen LogP contribution in [0.2, 0.25) is 0 Å². The highest BCUT2D eigenvalue weighted by Gasteiger charge is 2.68. The average molecular weight is 799 g/mol. The quantitative estimate of drug-likeness (QED) is 0.0986. The molecule has 3 amide bonds. The molecule has 1 unspecified atom stereocenters. The molecule has 4 N–H and O–H groups in total. The second-order valence-electron chi connectivity index (χ2n) is 15.7. The van der Waals surface area contributed by atoms with Crippen LogP contribution >= 0.6 is 0 Å². The van der Waals surface area contributed by atoms with Gasteiger partial charge in [-0.15, -0.1) is 0 Å². The highest BCUT2D eigenvalue weighted by molar-refractivity contribution is 6.10. The first-order valence-electron chi connectivity index (χ1n) is 19.5. The number of imide groups is 1. The van der Waals surface area contributed by atoms with Gasteiger partial charge >= 0.3 is 6.18 Å². The molecule has 2 saturated heterocycles. The van der Waals surface area contributed by atoms with Crippen LogP contribution in [-0.2, 0) is 35.0 Å². The fourth-order valence-corrected chi connectivity index (χ4v) is 8.28. The van der Waals surface area contributed by atoms with E-state index in [2.05, 4.69) is 49.3 Å². The Bertz CT molecular complexity index is 2420. The van der Waals surface area contributed by atoms with Crippen molar-refractivity contribution in [2.45, 2.75) is 81.8 Å². The van der Waals surface area contributed by atoms with Gasteiger partial charge in [-0.25, -0.2) is 0 Å². The number of amides is 3. The third-order valence-electron chi connectivity index (χ3n) is 12.0. The normalized spacial score (nSPS) is 18.7. The van der Waals surface area contributed by atoms with Crippen molar-refractivity contribution in [2.24, 2.45) is 7.05 Å². The number of hydrogen-bond acceptors (Lipinski definition) is 10. The minimum absolute atomic E-state index is 0.0911. The summed E-state index contributed by atoms with van der Waals surface area (Å²) in [6.07, 6.45) is 0.856. The monoisotopic (exact) mass is 798 g/mol. The lowest BCUT2D eigenvalue weighted by atomic mass is 9.87. The van der Waals surface area contributed by atoms with Gasteiger partial charge in [0, 0.05) is 50.8 Å². The summed E-state index contributed by atoms with van der Waals surface area (Å²) < 4.78 is 48.8. The molecule has 1 saturated carbocycles. The number of likely N-dealkylation sites (tertiary alicyclic amines) is 1. The molecule has 0 radical (unpaired) electrons. The second kappa shape index (κ2) is 15.2. The Labute approximate surface area is 332 Å². The number of halogens is 3. The number of fused-ring (bicyclic) bond motifs is 1. The first-order chi connectivity index (χ1) is 27.7. The SMILES string of the molecule is CNn1cc(CCN2CCC(c3ccc4c(C5CCC(=O)NC5=O)nn(C)c4c3)CC2)cc1C(=N)c1ccc(CNC(=O)c2noc(C3(C(F)(F)F)CC3)n2)c(C)c1. The summed E-state index contributed by atoms with van der Waals surface area (Å²) in [6, 6.07) is 14.0. The van der Waals surface area contributed by atoms with Gasteiger partial charge in [-0.3, -0.25) is 34.5 Å². The summed E-state index contributed by atoms with van der Waals surface area (Å²) in [7, 11) is 3.70. The Morgan fingerprint density at radius 3 is 2.55 bits per heavy atom.